The zero-order chi connectivity index (χ0) is 13.0. The summed E-state index contributed by atoms with van der Waals surface area (Å²) < 4.78 is 0. The molecule has 0 bridgehead atoms. The van der Waals surface area contributed by atoms with Gasteiger partial charge in [-0.15, -0.1) is 0 Å². The summed E-state index contributed by atoms with van der Waals surface area (Å²) in [6.45, 7) is 0. The van der Waals surface area contributed by atoms with E-state index in [2.05, 4.69) is 15.5 Å². The van der Waals surface area contributed by atoms with Crippen molar-refractivity contribution >= 4 is 17.2 Å². The molecule has 0 aliphatic heterocycles. The van der Waals surface area contributed by atoms with Gasteiger partial charge in [0.15, 0.2) is 0 Å². The maximum atomic E-state index is 11.2. The van der Waals surface area contributed by atoms with E-state index < -0.39 is 5.41 Å². The van der Waals surface area contributed by atoms with Crippen molar-refractivity contribution in [2.45, 2.75) is 37.1 Å². The van der Waals surface area contributed by atoms with Crippen LogP contribution in [0.15, 0.2) is 29.7 Å². The van der Waals surface area contributed by atoms with Gasteiger partial charge in [0.2, 0.25) is 0 Å². The Bertz CT molecular complexity index is 437. The third kappa shape index (κ3) is 2.03. The summed E-state index contributed by atoms with van der Waals surface area (Å²) in [5.74, 6) is 0. The van der Waals surface area contributed by atoms with Gasteiger partial charge in [-0.05, 0) is 24.5 Å². The Hall–Kier alpha value is -1.36. The van der Waals surface area contributed by atoms with E-state index in [1.54, 1.807) is 19.4 Å². The molecule has 0 amide bonds. The number of thiocarbonyl (C=S) groups is 1. The SMILES string of the molecule is CNC(=S)C1(c2cccnc2)CCCCC1N=O. The zero-order valence-corrected chi connectivity index (χ0v) is 11.2. The van der Waals surface area contributed by atoms with Crippen molar-refractivity contribution in [3.05, 3.63) is 35.0 Å². The van der Waals surface area contributed by atoms with E-state index in [1.807, 2.05) is 12.1 Å². The summed E-state index contributed by atoms with van der Waals surface area (Å²) in [6.07, 6.45) is 7.27. The lowest BCUT2D eigenvalue weighted by atomic mass is 9.66. The highest BCUT2D eigenvalue weighted by atomic mass is 32.1. The van der Waals surface area contributed by atoms with Crippen LogP contribution in [0.25, 0.3) is 0 Å². The quantitative estimate of drug-likeness (QED) is 0.672. The Morgan fingerprint density at radius 3 is 3.06 bits per heavy atom. The van der Waals surface area contributed by atoms with Crippen LogP contribution in [0.5, 0.6) is 0 Å². The molecule has 1 N–H and O–H groups in total. The molecule has 1 heterocycles. The van der Waals surface area contributed by atoms with Gasteiger partial charge in [-0.25, -0.2) is 0 Å². The fourth-order valence-electron chi connectivity index (χ4n) is 2.88. The van der Waals surface area contributed by atoms with Crippen molar-refractivity contribution in [1.29, 1.82) is 0 Å². The summed E-state index contributed by atoms with van der Waals surface area (Å²) >= 11 is 5.47. The topological polar surface area (TPSA) is 54.4 Å². The van der Waals surface area contributed by atoms with Gasteiger partial charge in [0.25, 0.3) is 0 Å². The van der Waals surface area contributed by atoms with E-state index in [-0.39, 0.29) is 6.04 Å². The van der Waals surface area contributed by atoms with Gasteiger partial charge in [-0.2, -0.15) is 4.91 Å². The lowest BCUT2D eigenvalue weighted by molar-refractivity contribution is 0.325. The average Bonchev–Trinajstić information content (AvgIpc) is 2.47. The normalized spacial score (nSPS) is 27.5. The predicted octanol–water partition coefficient (Wildman–Crippen LogP) is 2.58. The molecular formula is C13H17N3OS. The molecule has 18 heavy (non-hydrogen) atoms. The zero-order valence-electron chi connectivity index (χ0n) is 10.4. The molecule has 0 aromatic carbocycles. The molecule has 1 aliphatic rings. The molecule has 96 valence electrons. The van der Waals surface area contributed by atoms with E-state index in [0.717, 1.165) is 31.2 Å². The fourth-order valence-corrected chi connectivity index (χ4v) is 3.24. The molecule has 1 saturated carbocycles. The molecule has 4 nitrogen and oxygen atoms in total. The number of rotatable bonds is 3. The minimum absolute atomic E-state index is 0.296. The van der Waals surface area contributed by atoms with Crippen molar-refractivity contribution in [2.24, 2.45) is 5.18 Å². The van der Waals surface area contributed by atoms with Crippen molar-refractivity contribution in [2.75, 3.05) is 7.05 Å². The monoisotopic (exact) mass is 263 g/mol. The van der Waals surface area contributed by atoms with E-state index in [9.17, 15) is 4.91 Å². The second-order valence-corrected chi connectivity index (χ2v) is 5.07. The van der Waals surface area contributed by atoms with Crippen molar-refractivity contribution in [1.82, 2.24) is 10.3 Å². The highest BCUT2D eigenvalue weighted by molar-refractivity contribution is 7.80. The Labute approximate surface area is 112 Å². The van der Waals surface area contributed by atoms with Crippen LogP contribution in [0.2, 0.25) is 0 Å². The van der Waals surface area contributed by atoms with Crippen LogP contribution >= 0.6 is 12.2 Å². The van der Waals surface area contributed by atoms with Crippen LogP contribution in [0.1, 0.15) is 31.2 Å². The molecule has 1 aromatic rings. The lowest BCUT2D eigenvalue weighted by Gasteiger charge is -2.41. The maximum Gasteiger partial charge on any atom is 0.108 e. The van der Waals surface area contributed by atoms with Crippen LogP contribution in [0.4, 0.5) is 0 Å². The molecule has 2 atom stereocenters. The summed E-state index contributed by atoms with van der Waals surface area (Å²) in [7, 11) is 1.80. The number of aromatic nitrogens is 1. The molecule has 1 fully saturated rings. The third-order valence-corrected chi connectivity index (χ3v) is 4.37. The summed E-state index contributed by atoms with van der Waals surface area (Å²) in [5, 5.41) is 6.38. The van der Waals surface area contributed by atoms with Gasteiger partial charge in [0.05, 0.1) is 10.4 Å². The first-order valence-electron chi connectivity index (χ1n) is 6.21. The molecule has 1 aliphatic carbocycles. The van der Waals surface area contributed by atoms with Gasteiger partial charge < -0.3 is 5.32 Å². The van der Waals surface area contributed by atoms with Gasteiger partial charge in [-0.3, -0.25) is 4.98 Å². The predicted molar refractivity (Wildman–Crippen MR) is 75.6 cm³/mol. The average molecular weight is 263 g/mol. The van der Waals surface area contributed by atoms with Gasteiger partial charge in [0.1, 0.15) is 6.04 Å². The Morgan fingerprint density at radius 1 is 1.61 bits per heavy atom. The Kier molecular flexibility index (Phi) is 4.01. The van der Waals surface area contributed by atoms with Crippen LogP contribution < -0.4 is 5.32 Å². The first kappa shape index (κ1) is 13.1. The summed E-state index contributed by atoms with van der Waals surface area (Å²) in [4.78, 5) is 16.1. The van der Waals surface area contributed by atoms with E-state index in [1.165, 1.54) is 0 Å². The first-order valence-corrected chi connectivity index (χ1v) is 6.61. The summed E-state index contributed by atoms with van der Waals surface area (Å²) in [6, 6.07) is 3.57. The molecular weight excluding hydrogens is 246 g/mol. The standard InChI is InChI=1S/C13H17N3OS/c1-14-12(18)13(10-5-4-8-15-9-10)7-3-2-6-11(13)16-17/h4-5,8-9,11H,2-3,6-7H2,1H3,(H,14,18). The largest absolute Gasteiger partial charge is 0.382 e. The van der Waals surface area contributed by atoms with Crippen molar-refractivity contribution in [3.8, 4) is 0 Å². The number of hydrogen-bond acceptors (Lipinski definition) is 4. The Morgan fingerprint density at radius 2 is 2.44 bits per heavy atom. The molecule has 2 rings (SSSR count). The van der Waals surface area contributed by atoms with Crippen LogP contribution in [0.3, 0.4) is 0 Å². The van der Waals surface area contributed by atoms with Crippen LogP contribution in [-0.4, -0.2) is 23.1 Å². The van der Waals surface area contributed by atoms with Crippen LogP contribution in [0, 0.1) is 4.91 Å². The number of hydrogen-bond donors (Lipinski definition) is 1. The second kappa shape index (κ2) is 5.52. The van der Waals surface area contributed by atoms with Crippen molar-refractivity contribution < 1.29 is 0 Å². The minimum atomic E-state index is -0.474. The third-order valence-electron chi connectivity index (χ3n) is 3.80. The number of likely N-dealkylation sites (N-methyl/N-ethyl adjacent to an activating group) is 1. The Balaban J connectivity index is 2.52. The van der Waals surface area contributed by atoms with Gasteiger partial charge in [0, 0.05) is 19.4 Å². The minimum Gasteiger partial charge on any atom is -0.382 e. The van der Waals surface area contributed by atoms with E-state index >= 15 is 0 Å². The van der Waals surface area contributed by atoms with E-state index in [0.29, 0.717) is 4.99 Å². The number of pyridine rings is 1. The maximum absolute atomic E-state index is 11.2. The van der Waals surface area contributed by atoms with Crippen LogP contribution in [-0.2, 0) is 5.41 Å². The second-order valence-electron chi connectivity index (χ2n) is 4.66. The first-order chi connectivity index (χ1) is 8.75. The highest BCUT2D eigenvalue weighted by Gasteiger charge is 2.46. The van der Waals surface area contributed by atoms with Crippen molar-refractivity contribution in [3.63, 3.8) is 0 Å². The molecule has 0 spiro atoms. The van der Waals surface area contributed by atoms with E-state index in [4.69, 9.17) is 12.2 Å². The number of nitrogens with zero attached hydrogens (tertiary/aromatic N) is 2. The molecule has 1 aromatic heterocycles. The molecule has 0 radical (unpaired) electrons. The smallest absolute Gasteiger partial charge is 0.108 e. The summed E-state index contributed by atoms with van der Waals surface area (Å²) in [5.41, 5.74) is 0.520. The highest BCUT2D eigenvalue weighted by Crippen LogP contribution is 2.41. The lowest BCUT2D eigenvalue weighted by Crippen LogP contribution is -2.51. The molecule has 2 unspecified atom stereocenters. The van der Waals surface area contributed by atoms with Gasteiger partial charge in [-0.1, -0.05) is 36.3 Å². The number of nitrogens with one attached hydrogen (secondary N) is 1. The van der Waals surface area contributed by atoms with Gasteiger partial charge >= 0.3 is 0 Å². The fraction of sp³-hybridized carbons (Fsp3) is 0.538. The molecule has 0 saturated heterocycles. The number of nitroso groups, excluding NO2 is 1. The molecule has 5 heteroatoms.